The number of aromatic nitrogens is 1. The van der Waals surface area contributed by atoms with Crippen molar-refractivity contribution in [2.45, 2.75) is 19.4 Å². The maximum absolute atomic E-state index is 9.42. The number of likely N-dealkylation sites (N-methyl/N-ethyl adjacent to an activating group) is 1. The van der Waals surface area contributed by atoms with Crippen molar-refractivity contribution in [2.75, 3.05) is 38.1 Å². The second kappa shape index (κ2) is 5.47. The highest BCUT2D eigenvalue weighted by atomic mass is 16.3. The monoisotopic (exact) mass is 235 g/mol. The van der Waals surface area contributed by atoms with Crippen molar-refractivity contribution >= 4 is 5.69 Å². The van der Waals surface area contributed by atoms with Gasteiger partial charge in [0.25, 0.3) is 0 Å². The van der Waals surface area contributed by atoms with Crippen LogP contribution in [0.25, 0.3) is 0 Å². The van der Waals surface area contributed by atoms with Crippen molar-refractivity contribution in [3.05, 3.63) is 24.0 Å². The first kappa shape index (κ1) is 12.3. The Balaban J connectivity index is 2.06. The van der Waals surface area contributed by atoms with Crippen molar-refractivity contribution < 1.29 is 5.11 Å². The Hall–Kier alpha value is -1.13. The summed E-state index contributed by atoms with van der Waals surface area (Å²) in [7, 11) is 2.16. The second-order valence-corrected chi connectivity index (χ2v) is 4.76. The predicted molar refractivity (Wildman–Crippen MR) is 69.2 cm³/mol. The van der Waals surface area contributed by atoms with Crippen LogP contribution in [0.1, 0.15) is 25.1 Å². The fourth-order valence-electron chi connectivity index (χ4n) is 2.14. The van der Waals surface area contributed by atoms with Crippen LogP contribution in [0.3, 0.4) is 0 Å². The summed E-state index contributed by atoms with van der Waals surface area (Å²) in [6, 6.07) is 3.97. The van der Waals surface area contributed by atoms with E-state index < -0.39 is 6.10 Å². The summed E-state index contributed by atoms with van der Waals surface area (Å²) in [5, 5.41) is 9.42. The van der Waals surface area contributed by atoms with Crippen LogP contribution in [-0.2, 0) is 0 Å². The van der Waals surface area contributed by atoms with Crippen LogP contribution in [0.2, 0.25) is 0 Å². The Kier molecular flexibility index (Phi) is 3.97. The standard InChI is InChI=1S/C13H21N3O/c1-11(17)13-5-4-12(10-14-13)16-7-3-6-15(2)8-9-16/h4-5,10-11,17H,3,6-9H2,1-2H3. The molecule has 2 heterocycles. The molecule has 1 aliphatic heterocycles. The van der Waals surface area contributed by atoms with E-state index in [0.29, 0.717) is 0 Å². The average molecular weight is 235 g/mol. The smallest absolute Gasteiger partial charge is 0.0931 e. The number of nitrogens with zero attached hydrogens (tertiary/aromatic N) is 3. The van der Waals surface area contributed by atoms with E-state index in [9.17, 15) is 5.11 Å². The molecule has 4 heteroatoms. The first-order valence-electron chi connectivity index (χ1n) is 6.24. The molecule has 1 unspecified atom stereocenters. The molecule has 1 atom stereocenters. The quantitative estimate of drug-likeness (QED) is 0.838. The summed E-state index contributed by atoms with van der Waals surface area (Å²) in [5.41, 5.74) is 1.89. The molecule has 0 saturated carbocycles. The highest BCUT2D eigenvalue weighted by Gasteiger charge is 2.13. The number of rotatable bonds is 2. The summed E-state index contributed by atoms with van der Waals surface area (Å²) in [5.74, 6) is 0. The van der Waals surface area contributed by atoms with Gasteiger partial charge in [-0.1, -0.05) is 0 Å². The summed E-state index contributed by atoms with van der Waals surface area (Å²) >= 11 is 0. The molecule has 1 saturated heterocycles. The summed E-state index contributed by atoms with van der Waals surface area (Å²) < 4.78 is 0. The van der Waals surface area contributed by atoms with E-state index in [1.54, 1.807) is 6.92 Å². The number of pyridine rings is 1. The molecule has 1 fully saturated rings. The van der Waals surface area contributed by atoms with Gasteiger partial charge >= 0.3 is 0 Å². The molecular weight excluding hydrogens is 214 g/mol. The molecule has 94 valence electrons. The third kappa shape index (κ3) is 3.17. The number of anilines is 1. The van der Waals surface area contributed by atoms with Crippen LogP contribution in [0.5, 0.6) is 0 Å². The van der Waals surface area contributed by atoms with Gasteiger partial charge in [-0.05, 0) is 39.1 Å². The SMILES string of the molecule is CC(O)c1ccc(N2CCCN(C)CC2)cn1. The summed E-state index contributed by atoms with van der Waals surface area (Å²) in [6.45, 7) is 6.13. The molecule has 1 aromatic heterocycles. The Morgan fingerprint density at radius 3 is 2.71 bits per heavy atom. The van der Waals surface area contributed by atoms with Gasteiger partial charge in [0.2, 0.25) is 0 Å². The minimum absolute atomic E-state index is 0.487. The first-order valence-corrected chi connectivity index (χ1v) is 6.24. The lowest BCUT2D eigenvalue weighted by Crippen LogP contribution is -2.28. The van der Waals surface area contributed by atoms with Gasteiger partial charge < -0.3 is 14.9 Å². The van der Waals surface area contributed by atoms with Crippen molar-refractivity contribution in [2.24, 2.45) is 0 Å². The molecule has 0 aliphatic carbocycles. The van der Waals surface area contributed by atoms with E-state index in [4.69, 9.17) is 0 Å². The highest BCUT2D eigenvalue weighted by molar-refractivity contribution is 5.44. The summed E-state index contributed by atoms with van der Waals surface area (Å²) in [6.07, 6.45) is 2.57. The van der Waals surface area contributed by atoms with Crippen LogP contribution in [-0.4, -0.2) is 48.2 Å². The van der Waals surface area contributed by atoms with E-state index in [1.807, 2.05) is 12.3 Å². The normalized spacial score (nSPS) is 20.1. The fourth-order valence-corrected chi connectivity index (χ4v) is 2.14. The third-order valence-corrected chi connectivity index (χ3v) is 3.28. The maximum atomic E-state index is 9.42. The number of aliphatic hydroxyl groups excluding tert-OH is 1. The third-order valence-electron chi connectivity index (χ3n) is 3.28. The van der Waals surface area contributed by atoms with Gasteiger partial charge in [0.15, 0.2) is 0 Å². The molecule has 0 aromatic carbocycles. The Morgan fingerprint density at radius 2 is 2.06 bits per heavy atom. The number of hydrogen-bond acceptors (Lipinski definition) is 4. The van der Waals surface area contributed by atoms with Crippen molar-refractivity contribution in [1.29, 1.82) is 0 Å². The zero-order valence-electron chi connectivity index (χ0n) is 10.6. The van der Waals surface area contributed by atoms with Gasteiger partial charge in [-0.2, -0.15) is 0 Å². The van der Waals surface area contributed by atoms with Crippen molar-refractivity contribution in [3.8, 4) is 0 Å². The van der Waals surface area contributed by atoms with Crippen LogP contribution in [0.4, 0.5) is 5.69 Å². The lowest BCUT2D eigenvalue weighted by molar-refractivity contribution is 0.194. The van der Waals surface area contributed by atoms with Crippen LogP contribution in [0.15, 0.2) is 18.3 Å². The molecule has 2 rings (SSSR count). The minimum Gasteiger partial charge on any atom is -0.387 e. The van der Waals surface area contributed by atoms with Crippen molar-refractivity contribution in [1.82, 2.24) is 9.88 Å². The molecule has 0 radical (unpaired) electrons. The largest absolute Gasteiger partial charge is 0.387 e. The zero-order valence-corrected chi connectivity index (χ0v) is 10.6. The highest BCUT2D eigenvalue weighted by Crippen LogP contribution is 2.17. The van der Waals surface area contributed by atoms with Gasteiger partial charge in [-0.25, -0.2) is 0 Å². The van der Waals surface area contributed by atoms with E-state index >= 15 is 0 Å². The number of hydrogen-bond donors (Lipinski definition) is 1. The van der Waals surface area contributed by atoms with E-state index in [0.717, 1.165) is 37.6 Å². The lowest BCUT2D eigenvalue weighted by Gasteiger charge is -2.22. The zero-order chi connectivity index (χ0) is 12.3. The second-order valence-electron chi connectivity index (χ2n) is 4.76. The molecule has 1 aliphatic rings. The maximum Gasteiger partial charge on any atom is 0.0931 e. The van der Waals surface area contributed by atoms with Crippen LogP contribution < -0.4 is 4.90 Å². The van der Waals surface area contributed by atoms with Gasteiger partial charge in [0, 0.05) is 19.6 Å². The molecule has 0 bridgehead atoms. The Bertz CT molecular complexity index is 350. The van der Waals surface area contributed by atoms with Gasteiger partial charge in [0.05, 0.1) is 23.7 Å². The average Bonchev–Trinajstić information content (AvgIpc) is 2.54. The first-order chi connectivity index (χ1) is 8.16. The number of aliphatic hydroxyl groups is 1. The molecule has 1 aromatic rings. The van der Waals surface area contributed by atoms with Gasteiger partial charge in [-0.15, -0.1) is 0 Å². The Morgan fingerprint density at radius 1 is 1.24 bits per heavy atom. The Labute approximate surface area is 103 Å². The molecule has 1 N–H and O–H groups in total. The van der Waals surface area contributed by atoms with E-state index in [-0.39, 0.29) is 0 Å². The van der Waals surface area contributed by atoms with Crippen molar-refractivity contribution in [3.63, 3.8) is 0 Å². The van der Waals surface area contributed by atoms with Crippen LogP contribution in [0, 0.1) is 0 Å². The lowest BCUT2D eigenvalue weighted by atomic mass is 10.2. The molecule has 17 heavy (non-hydrogen) atoms. The molecular formula is C13H21N3O. The molecule has 0 amide bonds. The van der Waals surface area contributed by atoms with E-state index in [1.165, 1.54) is 6.42 Å². The van der Waals surface area contributed by atoms with Gasteiger partial charge in [-0.3, -0.25) is 4.98 Å². The topological polar surface area (TPSA) is 39.6 Å². The van der Waals surface area contributed by atoms with E-state index in [2.05, 4.69) is 27.9 Å². The minimum atomic E-state index is -0.487. The molecule has 0 spiro atoms. The summed E-state index contributed by atoms with van der Waals surface area (Å²) in [4.78, 5) is 9.02. The molecule has 4 nitrogen and oxygen atoms in total. The predicted octanol–water partition coefficient (Wildman–Crippen LogP) is 1.28. The van der Waals surface area contributed by atoms with Gasteiger partial charge in [0.1, 0.15) is 0 Å². The fraction of sp³-hybridized carbons (Fsp3) is 0.615. The van der Waals surface area contributed by atoms with Crippen LogP contribution >= 0.6 is 0 Å².